The van der Waals surface area contributed by atoms with E-state index in [2.05, 4.69) is 84.0 Å². The van der Waals surface area contributed by atoms with Crippen molar-refractivity contribution in [3.05, 3.63) is 88.3 Å². The molecule has 2 aromatic heterocycles. The first-order valence-electron chi connectivity index (χ1n) is 17.6. The minimum atomic E-state index is -0.205. The molecule has 1 aliphatic rings. The fourth-order valence-electron chi connectivity index (χ4n) is 7.31. The van der Waals surface area contributed by atoms with Gasteiger partial charge in [-0.1, -0.05) is 102 Å². The van der Waals surface area contributed by atoms with Crippen LogP contribution in [-0.4, -0.2) is 15.9 Å². The Kier molecular flexibility index (Phi) is 11.8. The fraction of sp³-hybridized carbons (Fsp3) is 0.442. The molecule has 6 rings (SSSR count). The number of hydrogen-bond donors (Lipinski definition) is 1. The van der Waals surface area contributed by atoms with Crippen molar-refractivity contribution < 1.29 is 34.4 Å². The average molecular weight is 823 g/mol. The summed E-state index contributed by atoms with van der Waals surface area (Å²) < 4.78 is 6.63. The van der Waals surface area contributed by atoms with E-state index in [1.165, 1.54) is 39.1 Å². The SMILES string of the molecule is CCC(CC)C(=O)/C=C(\O)C(CC)CC.Cc1ccc2[c-]c3c(cc2c1)C(C)(C)c1ccc(CC(C)C)c2oc4c(C)cnc-3c4c12.[Ir]. The number of carbonyl (C=O) groups is 1. The number of carbonyl (C=O) groups excluding carboxylic acids is 1. The molecule has 0 saturated heterocycles. The van der Waals surface area contributed by atoms with Crippen LogP contribution >= 0.6 is 0 Å². The monoisotopic (exact) mass is 823 g/mol. The van der Waals surface area contributed by atoms with Crippen molar-refractivity contribution in [1.82, 2.24) is 4.98 Å². The molecule has 0 spiro atoms. The van der Waals surface area contributed by atoms with E-state index in [-0.39, 0.29) is 48.9 Å². The van der Waals surface area contributed by atoms with Gasteiger partial charge < -0.3 is 9.52 Å². The number of aromatic nitrogens is 1. The van der Waals surface area contributed by atoms with Crippen LogP contribution in [0.2, 0.25) is 0 Å². The van der Waals surface area contributed by atoms with Gasteiger partial charge in [0, 0.05) is 66.2 Å². The van der Waals surface area contributed by atoms with E-state index >= 15 is 0 Å². The quantitative estimate of drug-likeness (QED) is 0.0914. The molecule has 0 aliphatic heterocycles. The van der Waals surface area contributed by atoms with E-state index in [0.29, 0.717) is 5.92 Å². The Morgan fingerprint density at radius 1 is 0.917 bits per heavy atom. The van der Waals surface area contributed by atoms with Crippen LogP contribution in [0.25, 0.3) is 44.0 Å². The zero-order valence-corrected chi connectivity index (χ0v) is 32.8. The topological polar surface area (TPSA) is 63.3 Å². The first-order valence-corrected chi connectivity index (χ1v) is 17.6. The van der Waals surface area contributed by atoms with Crippen molar-refractivity contribution in [3.8, 4) is 11.3 Å². The second-order valence-corrected chi connectivity index (χ2v) is 14.4. The van der Waals surface area contributed by atoms with Gasteiger partial charge in [-0.05, 0) is 68.4 Å². The molecule has 0 bridgehead atoms. The summed E-state index contributed by atoms with van der Waals surface area (Å²) in [5.74, 6) is 1.11. The number of fused-ring (bicyclic) bond motifs is 3. The zero-order chi connectivity index (χ0) is 34.2. The Labute approximate surface area is 300 Å². The molecule has 0 amide bonds. The number of ketones is 1. The molecule has 0 atom stereocenters. The summed E-state index contributed by atoms with van der Waals surface area (Å²) in [6.45, 7) is 21.5. The maximum atomic E-state index is 11.7. The van der Waals surface area contributed by atoms with Gasteiger partial charge in [0.05, 0.1) is 5.76 Å². The van der Waals surface area contributed by atoms with Crippen LogP contribution in [0.15, 0.2) is 58.8 Å². The van der Waals surface area contributed by atoms with Crippen molar-refractivity contribution in [2.24, 2.45) is 17.8 Å². The number of hydrogen-bond acceptors (Lipinski definition) is 4. The van der Waals surface area contributed by atoms with Gasteiger partial charge in [-0.25, -0.2) is 0 Å². The van der Waals surface area contributed by atoms with Crippen molar-refractivity contribution in [1.29, 1.82) is 0 Å². The first-order chi connectivity index (χ1) is 22.4. The number of allylic oxidation sites excluding steroid dienone is 2. The Balaban J connectivity index is 0.000000279. The Morgan fingerprint density at radius 2 is 1.58 bits per heavy atom. The molecule has 5 heteroatoms. The third kappa shape index (κ3) is 6.92. The van der Waals surface area contributed by atoms with Gasteiger partial charge in [0.15, 0.2) is 5.78 Å². The molecule has 3 aromatic carbocycles. The minimum absolute atomic E-state index is 0. The Morgan fingerprint density at radius 3 is 2.21 bits per heavy atom. The summed E-state index contributed by atoms with van der Waals surface area (Å²) in [5.41, 5.74) is 10.1. The van der Waals surface area contributed by atoms with E-state index in [0.717, 1.165) is 70.9 Å². The van der Waals surface area contributed by atoms with Gasteiger partial charge in [0.2, 0.25) is 0 Å². The van der Waals surface area contributed by atoms with E-state index in [1.54, 1.807) is 0 Å². The Hall–Kier alpha value is -3.27. The number of furan rings is 1. The summed E-state index contributed by atoms with van der Waals surface area (Å²) >= 11 is 0. The van der Waals surface area contributed by atoms with Crippen molar-refractivity contribution in [2.45, 2.75) is 107 Å². The molecule has 257 valence electrons. The molecule has 5 aromatic rings. The van der Waals surface area contributed by atoms with Gasteiger partial charge in [-0.2, -0.15) is 0 Å². The van der Waals surface area contributed by atoms with Gasteiger partial charge in [-0.15, -0.1) is 23.6 Å². The number of aliphatic hydroxyl groups excluding tert-OH is 1. The third-order valence-corrected chi connectivity index (χ3v) is 10.2. The summed E-state index contributed by atoms with van der Waals surface area (Å²) in [6.07, 6.45) is 7.86. The van der Waals surface area contributed by atoms with Gasteiger partial charge in [0.25, 0.3) is 0 Å². The third-order valence-electron chi connectivity index (χ3n) is 10.2. The summed E-state index contributed by atoms with van der Waals surface area (Å²) in [6, 6.07) is 17.3. The maximum Gasteiger partial charge on any atom is 0.162 e. The van der Waals surface area contributed by atoms with Gasteiger partial charge >= 0.3 is 0 Å². The van der Waals surface area contributed by atoms with Crippen molar-refractivity contribution in [3.63, 3.8) is 0 Å². The van der Waals surface area contributed by atoms with Crippen molar-refractivity contribution in [2.75, 3.05) is 0 Å². The summed E-state index contributed by atoms with van der Waals surface area (Å²) in [5, 5.41) is 14.5. The second kappa shape index (κ2) is 15.1. The summed E-state index contributed by atoms with van der Waals surface area (Å²) in [4.78, 5) is 16.7. The average Bonchev–Trinajstić information content (AvgIpc) is 3.41. The fourth-order valence-corrected chi connectivity index (χ4v) is 7.31. The Bertz CT molecular complexity index is 1970. The van der Waals surface area contributed by atoms with Crippen LogP contribution < -0.4 is 0 Å². The number of rotatable bonds is 9. The molecule has 0 fully saturated rings. The predicted molar refractivity (Wildman–Crippen MR) is 197 cm³/mol. The minimum Gasteiger partial charge on any atom is -0.512 e. The molecule has 1 N–H and O–H groups in total. The summed E-state index contributed by atoms with van der Waals surface area (Å²) in [7, 11) is 0. The van der Waals surface area contributed by atoms with Gasteiger partial charge in [0.1, 0.15) is 11.2 Å². The number of benzene rings is 3. The molecule has 2 heterocycles. The second-order valence-electron chi connectivity index (χ2n) is 14.4. The van der Waals surface area contributed by atoms with Crippen LogP contribution in [0.1, 0.15) is 109 Å². The molecule has 1 aliphatic carbocycles. The smallest absolute Gasteiger partial charge is 0.162 e. The van der Waals surface area contributed by atoms with Crippen LogP contribution in [0.5, 0.6) is 0 Å². The van der Waals surface area contributed by atoms with Crippen LogP contribution in [0.4, 0.5) is 0 Å². The van der Waals surface area contributed by atoms with Gasteiger partial charge in [-0.3, -0.25) is 9.78 Å². The number of nitrogens with zero attached hydrogens (tertiary/aromatic N) is 1. The van der Waals surface area contributed by atoms with E-state index in [4.69, 9.17) is 9.40 Å². The predicted octanol–water partition coefficient (Wildman–Crippen LogP) is 11.9. The van der Waals surface area contributed by atoms with Crippen LogP contribution in [0.3, 0.4) is 0 Å². The first kappa shape index (κ1) is 37.5. The normalized spacial score (nSPS) is 13.6. The molecule has 0 saturated carbocycles. The number of aliphatic hydroxyl groups is 1. The van der Waals surface area contributed by atoms with Crippen LogP contribution in [-0.2, 0) is 36.7 Å². The molecule has 4 nitrogen and oxygen atoms in total. The van der Waals surface area contributed by atoms with E-state index < -0.39 is 0 Å². The maximum absolute atomic E-state index is 11.7. The zero-order valence-electron chi connectivity index (χ0n) is 30.4. The largest absolute Gasteiger partial charge is 0.512 e. The standard InChI is InChI=1S/C30H28NO.C13H24O2.Ir/c1-16(2)11-20-9-10-23-25-26-27(31-15-18(4)28(26)32-29(20)25)22-13-19-8-7-17(3)12-21(19)14-24(22)30(23,5)6;1-5-10(6-2)12(14)9-13(15)11(7-3)8-4;/h7-10,12,14-16H,11H2,1-6H3;9-11,14H,5-8H2,1-4H3;/q-1;;/b;12-9-;. The number of aryl methyl sites for hydroxylation is 2. The molecular formula is C43H52IrNO3-. The molecule has 48 heavy (non-hydrogen) atoms. The molecule has 1 radical (unpaired) electrons. The number of pyridine rings is 1. The van der Waals surface area contributed by atoms with Crippen molar-refractivity contribution >= 4 is 38.5 Å². The van der Waals surface area contributed by atoms with Crippen LogP contribution in [0, 0.1) is 37.7 Å². The molecular weight excluding hydrogens is 771 g/mol. The van der Waals surface area contributed by atoms with E-state index in [1.807, 2.05) is 33.9 Å². The molecule has 0 unspecified atom stereocenters. The van der Waals surface area contributed by atoms with E-state index in [9.17, 15) is 9.90 Å².